The Labute approximate surface area is 91.4 Å². The number of amides is 1. The topological polar surface area (TPSA) is 29.5 Å². The third kappa shape index (κ3) is 2.61. The Kier molecular flexibility index (Phi) is 3.95. The van der Waals surface area contributed by atoms with Crippen LogP contribution in [0, 0.1) is 0 Å². The molecular formula is C12H19NO2. The van der Waals surface area contributed by atoms with Crippen molar-refractivity contribution in [3.8, 4) is 0 Å². The summed E-state index contributed by atoms with van der Waals surface area (Å²) in [5, 5.41) is 0. The second kappa shape index (κ2) is 5.01. The minimum atomic E-state index is -0.261. The van der Waals surface area contributed by atoms with Gasteiger partial charge in [-0.25, -0.2) is 4.79 Å². The fraction of sp³-hybridized carbons (Fsp3) is 0.583. The Morgan fingerprint density at radius 2 is 2.20 bits per heavy atom. The molecule has 1 aliphatic rings. The molecule has 1 aliphatic heterocycles. The quantitative estimate of drug-likeness (QED) is 0.699. The van der Waals surface area contributed by atoms with Gasteiger partial charge in [-0.05, 0) is 38.3 Å². The van der Waals surface area contributed by atoms with Crippen LogP contribution in [-0.2, 0) is 4.74 Å². The van der Waals surface area contributed by atoms with E-state index < -0.39 is 0 Å². The highest BCUT2D eigenvalue weighted by atomic mass is 16.6. The predicted molar refractivity (Wildman–Crippen MR) is 60.5 cm³/mol. The van der Waals surface area contributed by atoms with Crippen molar-refractivity contribution in [2.75, 3.05) is 6.61 Å². The molecule has 84 valence electrons. The van der Waals surface area contributed by atoms with Gasteiger partial charge in [-0.2, -0.15) is 0 Å². The minimum absolute atomic E-state index is 0.109. The molecule has 0 bridgehead atoms. The maximum absolute atomic E-state index is 11.6. The molecule has 1 atom stereocenters. The number of nitrogens with zero attached hydrogens (tertiary/aromatic N) is 1. The van der Waals surface area contributed by atoms with Crippen molar-refractivity contribution >= 4 is 6.09 Å². The van der Waals surface area contributed by atoms with Crippen LogP contribution in [0.2, 0.25) is 0 Å². The average molecular weight is 209 g/mol. The van der Waals surface area contributed by atoms with Crippen LogP contribution in [0.25, 0.3) is 0 Å². The van der Waals surface area contributed by atoms with Crippen molar-refractivity contribution < 1.29 is 9.53 Å². The lowest BCUT2D eigenvalue weighted by molar-refractivity contribution is 0.115. The van der Waals surface area contributed by atoms with Gasteiger partial charge in [0.2, 0.25) is 0 Å². The maximum Gasteiger partial charge on any atom is 0.414 e. The second-order valence-corrected chi connectivity index (χ2v) is 3.73. The van der Waals surface area contributed by atoms with Gasteiger partial charge < -0.3 is 4.74 Å². The van der Waals surface area contributed by atoms with Crippen LogP contribution in [0.3, 0.4) is 0 Å². The number of carbonyl (C=O) groups excluding carboxylic acids is 1. The molecule has 0 saturated heterocycles. The lowest BCUT2D eigenvalue weighted by Crippen LogP contribution is -2.37. The zero-order chi connectivity index (χ0) is 11.4. The third-order valence-electron chi connectivity index (χ3n) is 2.60. The van der Waals surface area contributed by atoms with Gasteiger partial charge in [-0.15, -0.1) is 0 Å². The van der Waals surface area contributed by atoms with Crippen LogP contribution >= 0.6 is 0 Å². The van der Waals surface area contributed by atoms with Gasteiger partial charge in [0.1, 0.15) is 0 Å². The summed E-state index contributed by atoms with van der Waals surface area (Å²) in [5.74, 6) is 0. The second-order valence-electron chi connectivity index (χ2n) is 3.73. The van der Waals surface area contributed by atoms with E-state index in [1.54, 1.807) is 4.90 Å². The lowest BCUT2D eigenvalue weighted by Gasteiger charge is -2.30. The summed E-state index contributed by atoms with van der Waals surface area (Å²) in [5.41, 5.74) is 2.36. The van der Waals surface area contributed by atoms with Crippen molar-refractivity contribution in [1.82, 2.24) is 4.90 Å². The van der Waals surface area contributed by atoms with E-state index in [4.69, 9.17) is 4.74 Å². The Balaban J connectivity index is 2.84. The molecule has 0 saturated carbocycles. The fourth-order valence-electron chi connectivity index (χ4n) is 1.77. The van der Waals surface area contributed by atoms with E-state index in [2.05, 4.69) is 13.0 Å². The van der Waals surface area contributed by atoms with Crippen molar-refractivity contribution in [2.45, 2.75) is 40.2 Å². The molecule has 0 radical (unpaired) electrons. The summed E-state index contributed by atoms with van der Waals surface area (Å²) < 4.78 is 5.01. The summed E-state index contributed by atoms with van der Waals surface area (Å²) in [7, 11) is 0. The molecule has 3 nitrogen and oxygen atoms in total. The Morgan fingerprint density at radius 1 is 1.53 bits per heavy atom. The monoisotopic (exact) mass is 209 g/mol. The van der Waals surface area contributed by atoms with Gasteiger partial charge in [0, 0.05) is 6.20 Å². The number of carbonyl (C=O) groups is 1. The summed E-state index contributed by atoms with van der Waals surface area (Å²) in [6.45, 7) is 8.35. The molecule has 15 heavy (non-hydrogen) atoms. The standard InChI is InChI=1S/C12H19NO2/c1-5-11-7-9(3)8-13(10(11)4)12(14)15-6-2/h7-8,10H,5-6H2,1-4H3. The van der Waals surface area contributed by atoms with Gasteiger partial charge in [-0.3, -0.25) is 4.90 Å². The lowest BCUT2D eigenvalue weighted by atomic mass is 9.99. The molecule has 0 aromatic carbocycles. The van der Waals surface area contributed by atoms with Gasteiger partial charge in [0.25, 0.3) is 0 Å². The molecule has 1 amide bonds. The number of allylic oxidation sites excluding steroid dienone is 2. The third-order valence-corrected chi connectivity index (χ3v) is 2.60. The van der Waals surface area contributed by atoms with E-state index in [1.807, 2.05) is 27.0 Å². The SMILES string of the molecule is CCOC(=O)N1C=C(C)C=C(CC)C1C. The highest BCUT2D eigenvalue weighted by Crippen LogP contribution is 2.23. The van der Waals surface area contributed by atoms with Crippen molar-refractivity contribution in [3.05, 3.63) is 23.4 Å². The molecule has 0 aliphatic carbocycles. The van der Waals surface area contributed by atoms with E-state index in [9.17, 15) is 4.79 Å². The highest BCUT2D eigenvalue weighted by molar-refractivity contribution is 5.70. The van der Waals surface area contributed by atoms with Crippen LogP contribution in [-0.4, -0.2) is 23.6 Å². The van der Waals surface area contributed by atoms with E-state index in [0.717, 1.165) is 12.0 Å². The molecule has 3 heteroatoms. The largest absolute Gasteiger partial charge is 0.449 e. The number of rotatable bonds is 2. The molecule has 1 unspecified atom stereocenters. The molecule has 0 aromatic rings. The molecule has 1 rings (SSSR count). The first-order chi connectivity index (χ1) is 7.10. The van der Waals surface area contributed by atoms with Crippen LogP contribution in [0.5, 0.6) is 0 Å². The Hall–Kier alpha value is -1.25. The van der Waals surface area contributed by atoms with Gasteiger partial charge >= 0.3 is 6.09 Å². The van der Waals surface area contributed by atoms with Crippen molar-refractivity contribution in [2.24, 2.45) is 0 Å². The molecule has 0 aromatic heterocycles. The summed E-state index contributed by atoms with van der Waals surface area (Å²) in [6.07, 6.45) is 4.69. The van der Waals surface area contributed by atoms with Gasteiger partial charge in [-0.1, -0.05) is 13.0 Å². The van der Waals surface area contributed by atoms with Crippen LogP contribution < -0.4 is 0 Å². The Bertz CT molecular complexity index is 305. The number of ether oxygens (including phenoxy) is 1. The van der Waals surface area contributed by atoms with E-state index in [1.165, 1.54) is 5.57 Å². The molecule has 0 spiro atoms. The van der Waals surface area contributed by atoms with Crippen molar-refractivity contribution in [3.63, 3.8) is 0 Å². The number of hydrogen-bond donors (Lipinski definition) is 0. The minimum Gasteiger partial charge on any atom is -0.449 e. The first kappa shape index (κ1) is 11.8. The van der Waals surface area contributed by atoms with Gasteiger partial charge in [0.05, 0.1) is 12.6 Å². The zero-order valence-corrected chi connectivity index (χ0v) is 9.91. The van der Waals surface area contributed by atoms with Crippen LogP contribution in [0.4, 0.5) is 4.79 Å². The molecular weight excluding hydrogens is 190 g/mol. The summed E-state index contributed by atoms with van der Waals surface area (Å²) in [6, 6.07) is 0.109. The molecule has 0 fully saturated rings. The highest BCUT2D eigenvalue weighted by Gasteiger charge is 2.24. The first-order valence-electron chi connectivity index (χ1n) is 5.44. The van der Waals surface area contributed by atoms with Gasteiger partial charge in [0.15, 0.2) is 0 Å². The maximum atomic E-state index is 11.6. The van der Waals surface area contributed by atoms with E-state index in [0.29, 0.717) is 6.61 Å². The normalized spacial score (nSPS) is 20.8. The van der Waals surface area contributed by atoms with Crippen LogP contribution in [0.15, 0.2) is 23.4 Å². The summed E-state index contributed by atoms with van der Waals surface area (Å²) in [4.78, 5) is 13.3. The first-order valence-corrected chi connectivity index (χ1v) is 5.44. The predicted octanol–water partition coefficient (Wildman–Crippen LogP) is 3.09. The number of hydrogen-bond acceptors (Lipinski definition) is 2. The van der Waals surface area contributed by atoms with Crippen LogP contribution in [0.1, 0.15) is 34.1 Å². The van der Waals surface area contributed by atoms with E-state index in [-0.39, 0.29) is 12.1 Å². The fourth-order valence-corrected chi connectivity index (χ4v) is 1.77. The summed E-state index contributed by atoms with van der Waals surface area (Å²) >= 11 is 0. The molecule has 1 heterocycles. The van der Waals surface area contributed by atoms with E-state index >= 15 is 0 Å². The van der Waals surface area contributed by atoms with Crippen molar-refractivity contribution in [1.29, 1.82) is 0 Å². The Morgan fingerprint density at radius 3 is 2.73 bits per heavy atom. The zero-order valence-electron chi connectivity index (χ0n) is 9.91. The average Bonchev–Trinajstić information content (AvgIpc) is 2.21. The smallest absolute Gasteiger partial charge is 0.414 e. The molecule has 0 N–H and O–H groups in total.